The molecule has 3 N–H and O–H groups in total. The second kappa shape index (κ2) is 5.00. The van der Waals surface area contributed by atoms with Crippen LogP contribution in [0, 0.1) is 5.41 Å². The van der Waals surface area contributed by atoms with Crippen molar-refractivity contribution >= 4 is 22.4 Å². The zero-order chi connectivity index (χ0) is 13.1. The number of amidine groups is 1. The maximum Gasteiger partial charge on any atom is 0.0950 e. The van der Waals surface area contributed by atoms with Crippen LogP contribution >= 0.6 is 0 Å². The molecule has 5 nitrogen and oxygen atoms in total. The second-order valence-corrected chi connectivity index (χ2v) is 4.44. The number of nitrogens with one attached hydrogen (secondary N) is 1. The molecule has 0 aliphatic carbocycles. The first-order valence-corrected chi connectivity index (χ1v) is 5.85. The van der Waals surface area contributed by atoms with Crippen molar-refractivity contribution < 1.29 is 0 Å². The lowest BCUT2D eigenvalue weighted by Gasteiger charge is -2.27. The molecule has 2 aromatic rings. The van der Waals surface area contributed by atoms with Crippen molar-refractivity contribution in [1.82, 2.24) is 10.2 Å². The zero-order valence-corrected chi connectivity index (χ0v) is 10.6. The minimum Gasteiger partial charge on any atom is -0.388 e. The van der Waals surface area contributed by atoms with E-state index < -0.39 is 0 Å². The van der Waals surface area contributed by atoms with Crippen LogP contribution in [0.3, 0.4) is 0 Å². The van der Waals surface area contributed by atoms with Gasteiger partial charge in [0.15, 0.2) is 0 Å². The molecule has 2 rings (SSSR count). The molecule has 0 spiro atoms. The van der Waals surface area contributed by atoms with Crippen LogP contribution in [0.25, 0.3) is 10.9 Å². The molecule has 5 heteroatoms. The lowest BCUT2D eigenvalue weighted by atomic mass is 10.1. The molecule has 1 unspecified atom stereocenters. The van der Waals surface area contributed by atoms with Crippen LogP contribution in [-0.2, 0) is 0 Å². The van der Waals surface area contributed by atoms with Crippen LogP contribution in [0.15, 0.2) is 30.5 Å². The van der Waals surface area contributed by atoms with Crippen LogP contribution in [0.5, 0.6) is 0 Å². The van der Waals surface area contributed by atoms with Gasteiger partial charge in [-0.05, 0) is 13.0 Å². The summed E-state index contributed by atoms with van der Waals surface area (Å²) in [5, 5.41) is 16.5. The highest BCUT2D eigenvalue weighted by Gasteiger charge is 2.14. The Balaban J connectivity index is 2.38. The van der Waals surface area contributed by atoms with Crippen LogP contribution in [0.4, 0.5) is 5.69 Å². The first kappa shape index (κ1) is 12.3. The van der Waals surface area contributed by atoms with Gasteiger partial charge in [0.1, 0.15) is 0 Å². The standard InChI is InChI=1S/C13H17N5/c1-9(7-13(14)15)18(2)12-8-16-17-11-6-4-3-5-10(11)12/h3-6,8-9H,7H2,1-2H3,(H3,14,15). The second-order valence-electron chi connectivity index (χ2n) is 4.44. The van der Waals surface area contributed by atoms with Crippen molar-refractivity contribution in [1.29, 1.82) is 5.41 Å². The Morgan fingerprint density at radius 2 is 2.17 bits per heavy atom. The average molecular weight is 243 g/mol. The Morgan fingerprint density at radius 1 is 1.44 bits per heavy atom. The van der Waals surface area contributed by atoms with Crippen LogP contribution in [0.2, 0.25) is 0 Å². The van der Waals surface area contributed by atoms with Gasteiger partial charge in [-0.3, -0.25) is 5.41 Å². The third-order valence-corrected chi connectivity index (χ3v) is 3.08. The predicted octanol–water partition coefficient (Wildman–Crippen LogP) is 1.78. The molecule has 0 aliphatic heterocycles. The van der Waals surface area contributed by atoms with E-state index in [1.54, 1.807) is 6.20 Å². The van der Waals surface area contributed by atoms with Gasteiger partial charge < -0.3 is 10.6 Å². The fraction of sp³-hybridized carbons (Fsp3) is 0.308. The topological polar surface area (TPSA) is 78.9 Å². The van der Waals surface area contributed by atoms with Crippen LogP contribution in [0.1, 0.15) is 13.3 Å². The molecule has 0 saturated heterocycles. The summed E-state index contributed by atoms with van der Waals surface area (Å²) < 4.78 is 0. The van der Waals surface area contributed by atoms with Crippen molar-refractivity contribution in [3.63, 3.8) is 0 Å². The number of nitrogens with two attached hydrogens (primary N) is 1. The predicted molar refractivity (Wildman–Crippen MR) is 73.9 cm³/mol. The monoisotopic (exact) mass is 243 g/mol. The molecular formula is C13H17N5. The molecule has 0 radical (unpaired) electrons. The zero-order valence-electron chi connectivity index (χ0n) is 10.6. The summed E-state index contributed by atoms with van der Waals surface area (Å²) in [5.41, 5.74) is 7.33. The number of anilines is 1. The Labute approximate surface area is 106 Å². The Bertz CT molecular complexity index is 561. The molecule has 1 aromatic carbocycles. The van der Waals surface area contributed by atoms with Gasteiger partial charge in [-0.2, -0.15) is 10.2 Å². The molecule has 0 aliphatic rings. The Morgan fingerprint density at radius 3 is 2.89 bits per heavy atom. The number of hydrogen-bond acceptors (Lipinski definition) is 4. The molecular weight excluding hydrogens is 226 g/mol. The van der Waals surface area contributed by atoms with E-state index in [4.69, 9.17) is 11.1 Å². The summed E-state index contributed by atoms with van der Waals surface area (Å²) >= 11 is 0. The molecule has 0 amide bonds. The van der Waals surface area contributed by atoms with E-state index in [0.717, 1.165) is 16.6 Å². The largest absolute Gasteiger partial charge is 0.388 e. The highest BCUT2D eigenvalue weighted by molar-refractivity contribution is 5.91. The van der Waals surface area contributed by atoms with Crippen molar-refractivity contribution in [2.24, 2.45) is 5.73 Å². The van der Waals surface area contributed by atoms with Gasteiger partial charge in [0.05, 0.1) is 23.2 Å². The third kappa shape index (κ3) is 2.40. The normalized spacial score (nSPS) is 12.3. The summed E-state index contributed by atoms with van der Waals surface area (Å²) in [6.07, 6.45) is 2.28. The molecule has 1 heterocycles. The van der Waals surface area contributed by atoms with Crippen molar-refractivity contribution in [2.75, 3.05) is 11.9 Å². The Kier molecular flexibility index (Phi) is 3.41. The number of benzene rings is 1. The lowest BCUT2D eigenvalue weighted by Crippen LogP contribution is -2.33. The SMILES string of the molecule is CC(CC(=N)N)N(C)c1cnnc2ccccc12. The van der Waals surface area contributed by atoms with Gasteiger partial charge in [0.25, 0.3) is 0 Å². The molecule has 1 aromatic heterocycles. The van der Waals surface area contributed by atoms with E-state index in [-0.39, 0.29) is 11.9 Å². The minimum atomic E-state index is 0.148. The number of aromatic nitrogens is 2. The molecule has 0 bridgehead atoms. The number of hydrogen-bond donors (Lipinski definition) is 2. The van der Waals surface area contributed by atoms with Crippen molar-refractivity contribution in [3.8, 4) is 0 Å². The molecule has 94 valence electrons. The van der Waals surface area contributed by atoms with Crippen molar-refractivity contribution in [3.05, 3.63) is 30.5 Å². The van der Waals surface area contributed by atoms with Gasteiger partial charge in [-0.1, -0.05) is 18.2 Å². The minimum absolute atomic E-state index is 0.148. The first-order chi connectivity index (χ1) is 8.59. The van der Waals surface area contributed by atoms with Gasteiger partial charge in [-0.25, -0.2) is 0 Å². The highest BCUT2D eigenvalue weighted by Crippen LogP contribution is 2.24. The lowest BCUT2D eigenvalue weighted by molar-refractivity contribution is 0.709. The molecule has 18 heavy (non-hydrogen) atoms. The summed E-state index contributed by atoms with van der Waals surface area (Å²) in [6.45, 7) is 2.04. The van der Waals surface area contributed by atoms with Gasteiger partial charge in [0.2, 0.25) is 0 Å². The fourth-order valence-electron chi connectivity index (χ4n) is 1.97. The summed E-state index contributed by atoms with van der Waals surface area (Å²) in [6, 6.07) is 8.04. The highest BCUT2D eigenvalue weighted by atomic mass is 15.2. The Hall–Kier alpha value is -2.17. The fourth-order valence-corrected chi connectivity index (χ4v) is 1.97. The van der Waals surface area contributed by atoms with E-state index in [9.17, 15) is 0 Å². The quantitative estimate of drug-likeness (QED) is 0.633. The number of rotatable bonds is 4. The molecule has 0 fully saturated rings. The molecule has 0 saturated carbocycles. The van der Waals surface area contributed by atoms with E-state index >= 15 is 0 Å². The van der Waals surface area contributed by atoms with E-state index in [1.165, 1.54) is 0 Å². The smallest absolute Gasteiger partial charge is 0.0950 e. The third-order valence-electron chi connectivity index (χ3n) is 3.08. The maximum absolute atomic E-state index is 7.37. The summed E-state index contributed by atoms with van der Waals surface area (Å²) in [7, 11) is 1.98. The summed E-state index contributed by atoms with van der Waals surface area (Å²) in [5.74, 6) is 0.195. The van der Waals surface area contributed by atoms with E-state index in [2.05, 4.69) is 15.1 Å². The van der Waals surface area contributed by atoms with Gasteiger partial charge in [0, 0.05) is 24.9 Å². The van der Waals surface area contributed by atoms with Crippen LogP contribution < -0.4 is 10.6 Å². The van der Waals surface area contributed by atoms with E-state index in [1.807, 2.05) is 38.2 Å². The number of fused-ring (bicyclic) bond motifs is 1. The summed E-state index contributed by atoms with van der Waals surface area (Å²) in [4.78, 5) is 2.08. The van der Waals surface area contributed by atoms with Crippen LogP contribution in [-0.4, -0.2) is 29.1 Å². The van der Waals surface area contributed by atoms with E-state index in [0.29, 0.717) is 6.42 Å². The van der Waals surface area contributed by atoms with Gasteiger partial charge in [-0.15, -0.1) is 0 Å². The van der Waals surface area contributed by atoms with Crippen molar-refractivity contribution in [2.45, 2.75) is 19.4 Å². The number of nitrogens with zero attached hydrogens (tertiary/aromatic N) is 3. The van der Waals surface area contributed by atoms with Gasteiger partial charge >= 0.3 is 0 Å². The first-order valence-electron chi connectivity index (χ1n) is 5.85. The maximum atomic E-state index is 7.37. The average Bonchev–Trinajstić information content (AvgIpc) is 2.36. The molecule has 1 atom stereocenters.